The van der Waals surface area contributed by atoms with E-state index in [1.807, 2.05) is 0 Å². The topological polar surface area (TPSA) is 78.9 Å². The molecule has 1 aliphatic rings. The van der Waals surface area contributed by atoms with E-state index in [1.165, 1.54) is 0 Å². The lowest BCUT2D eigenvalue weighted by atomic mass is 9.75. The van der Waals surface area contributed by atoms with Gasteiger partial charge in [0.15, 0.2) is 0 Å². The lowest BCUT2D eigenvalue weighted by Gasteiger charge is -2.31. The highest BCUT2D eigenvalue weighted by Gasteiger charge is 2.41. The number of rotatable bonds is 15. The Morgan fingerprint density at radius 3 is 1.03 bits per heavy atom. The van der Waals surface area contributed by atoms with E-state index in [1.54, 1.807) is 0 Å². The van der Waals surface area contributed by atoms with Crippen molar-refractivity contribution in [1.82, 2.24) is 0 Å². The van der Waals surface area contributed by atoms with Gasteiger partial charge in [0.1, 0.15) is 0 Å². The monoisotopic (exact) mass is 426 g/mol. The molecule has 0 radical (unpaired) electrons. The predicted molar refractivity (Wildman–Crippen MR) is 116 cm³/mol. The molecule has 0 atom stereocenters. The lowest BCUT2D eigenvalue weighted by molar-refractivity contribution is -0.161. The van der Waals surface area contributed by atoms with E-state index < -0.39 is 17.8 Å². The predicted octanol–water partition coefficient (Wildman–Crippen LogP) is 5.22. The van der Waals surface area contributed by atoms with Crippen molar-refractivity contribution in [3.05, 3.63) is 0 Å². The molecule has 0 aromatic heterocycles. The zero-order valence-electron chi connectivity index (χ0n) is 19.3. The first-order chi connectivity index (χ1) is 14.5. The van der Waals surface area contributed by atoms with Crippen LogP contribution in [-0.2, 0) is 28.6 Å². The second-order valence-corrected chi connectivity index (χ2v) is 8.42. The van der Waals surface area contributed by atoms with Gasteiger partial charge in [0.2, 0.25) is 0 Å². The smallest absolute Gasteiger partial charge is 0.308 e. The first-order valence-corrected chi connectivity index (χ1v) is 12.0. The van der Waals surface area contributed by atoms with E-state index in [4.69, 9.17) is 14.2 Å². The molecule has 0 saturated heterocycles. The number of hydrogen-bond donors (Lipinski definition) is 0. The van der Waals surface area contributed by atoms with Crippen molar-refractivity contribution in [2.75, 3.05) is 19.8 Å². The van der Waals surface area contributed by atoms with Crippen molar-refractivity contribution >= 4 is 17.9 Å². The zero-order chi connectivity index (χ0) is 22.2. The minimum absolute atomic E-state index is 0.307. The summed E-state index contributed by atoms with van der Waals surface area (Å²) in [5.74, 6) is -2.29. The molecule has 1 fully saturated rings. The maximum Gasteiger partial charge on any atom is 0.308 e. The first kappa shape index (κ1) is 26.4. The molecule has 174 valence electrons. The van der Waals surface area contributed by atoms with Gasteiger partial charge in [-0.1, -0.05) is 59.3 Å². The number of carbonyl (C=O) groups is 3. The maximum atomic E-state index is 12.6. The molecule has 0 aromatic carbocycles. The van der Waals surface area contributed by atoms with Gasteiger partial charge in [-0.15, -0.1) is 0 Å². The van der Waals surface area contributed by atoms with Gasteiger partial charge in [-0.05, 0) is 38.5 Å². The fourth-order valence-corrected chi connectivity index (χ4v) is 3.82. The fraction of sp³-hybridized carbons (Fsp3) is 0.875. The molecule has 0 aromatic rings. The van der Waals surface area contributed by atoms with Gasteiger partial charge < -0.3 is 14.2 Å². The van der Waals surface area contributed by atoms with E-state index in [0.717, 1.165) is 57.8 Å². The minimum Gasteiger partial charge on any atom is -0.465 e. The van der Waals surface area contributed by atoms with E-state index in [0.29, 0.717) is 39.1 Å². The van der Waals surface area contributed by atoms with Crippen molar-refractivity contribution < 1.29 is 28.6 Å². The highest BCUT2D eigenvalue weighted by Crippen LogP contribution is 2.36. The number of ether oxygens (including phenoxy) is 3. The Balaban J connectivity index is 2.66. The first-order valence-electron chi connectivity index (χ1n) is 12.0. The summed E-state index contributed by atoms with van der Waals surface area (Å²) >= 11 is 0. The van der Waals surface area contributed by atoms with Crippen LogP contribution < -0.4 is 0 Å². The fourth-order valence-electron chi connectivity index (χ4n) is 3.82. The Morgan fingerprint density at radius 1 is 0.533 bits per heavy atom. The summed E-state index contributed by atoms with van der Waals surface area (Å²) in [6.45, 7) is 7.45. The molecule has 0 heterocycles. The Labute approximate surface area is 182 Å². The molecule has 6 nitrogen and oxygen atoms in total. The number of hydrogen-bond acceptors (Lipinski definition) is 6. The van der Waals surface area contributed by atoms with Crippen LogP contribution in [0.15, 0.2) is 0 Å². The number of carbonyl (C=O) groups excluding carboxylic acids is 3. The molecule has 1 aliphatic carbocycles. The molecule has 0 unspecified atom stereocenters. The van der Waals surface area contributed by atoms with Crippen LogP contribution in [0.1, 0.15) is 97.8 Å². The Kier molecular flexibility index (Phi) is 14.2. The van der Waals surface area contributed by atoms with Gasteiger partial charge in [-0.3, -0.25) is 14.4 Å². The van der Waals surface area contributed by atoms with Crippen molar-refractivity contribution in [2.45, 2.75) is 97.8 Å². The van der Waals surface area contributed by atoms with E-state index in [-0.39, 0.29) is 17.9 Å². The lowest BCUT2D eigenvalue weighted by Crippen LogP contribution is -2.37. The van der Waals surface area contributed by atoms with Crippen LogP contribution in [0.3, 0.4) is 0 Å². The highest BCUT2D eigenvalue weighted by atomic mass is 16.5. The molecular formula is C24H42O6. The van der Waals surface area contributed by atoms with Crippen molar-refractivity contribution in [3.63, 3.8) is 0 Å². The van der Waals surface area contributed by atoms with Crippen LogP contribution >= 0.6 is 0 Å². The number of esters is 3. The van der Waals surface area contributed by atoms with Crippen molar-refractivity contribution in [1.29, 1.82) is 0 Å². The Morgan fingerprint density at radius 2 is 0.800 bits per heavy atom. The van der Waals surface area contributed by atoms with Gasteiger partial charge in [0, 0.05) is 0 Å². The summed E-state index contributed by atoms with van der Waals surface area (Å²) in [6, 6.07) is 0. The molecule has 0 spiro atoms. The zero-order valence-corrected chi connectivity index (χ0v) is 19.3. The average Bonchev–Trinajstić information content (AvgIpc) is 2.76. The molecule has 30 heavy (non-hydrogen) atoms. The van der Waals surface area contributed by atoms with Gasteiger partial charge in [-0.2, -0.15) is 0 Å². The summed E-state index contributed by atoms with van der Waals surface area (Å²) in [6.07, 6.45) is 9.86. The summed E-state index contributed by atoms with van der Waals surface area (Å²) in [4.78, 5) is 37.7. The summed E-state index contributed by atoms with van der Waals surface area (Å²) in [7, 11) is 0. The minimum atomic E-state index is -0.457. The largest absolute Gasteiger partial charge is 0.465 e. The van der Waals surface area contributed by atoms with Crippen molar-refractivity contribution in [3.8, 4) is 0 Å². The summed E-state index contributed by atoms with van der Waals surface area (Å²) < 4.78 is 16.3. The third kappa shape index (κ3) is 10.4. The third-order valence-corrected chi connectivity index (χ3v) is 5.68. The van der Waals surface area contributed by atoms with Crippen LogP contribution in [0.5, 0.6) is 0 Å². The van der Waals surface area contributed by atoms with Gasteiger partial charge in [0.25, 0.3) is 0 Å². The van der Waals surface area contributed by atoms with E-state index in [9.17, 15) is 14.4 Å². The number of unbranched alkanes of at least 4 members (excludes halogenated alkanes) is 6. The van der Waals surface area contributed by atoms with Crippen LogP contribution in [-0.4, -0.2) is 37.7 Å². The molecule has 1 saturated carbocycles. The van der Waals surface area contributed by atoms with Gasteiger partial charge >= 0.3 is 17.9 Å². The quantitative estimate of drug-likeness (QED) is 0.203. The molecule has 0 aliphatic heterocycles. The second kappa shape index (κ2) is 16.1. The second-order valence-electron chi connectivity index (χ2n) is 8.42. The summed E-state index contributed by atoms with van der Waals surface area (Å²) in [5, 5.41) is 0. The van der Waals surface area contributed by atoms with Gasteiger partial charge in [0.05, 0.1) is 37.6 Å². The SMILES string of the molecule is CCCCCOC(=O)C1CC(C(=O)OCCCCC)CC(C(=O)OCCCCC)C1. The molecular weight excluding hydrogens is 384 g/mol. The highest BCUT2D eigenvalue weighted by molar-refractivity contribution is 5.80. The third-order valence-electron chi connectivity index (χ3n) is 5.68. The van der Waals surface area contributed by atoms with Crippen LogP contribution in [0.25, 0.3) is 0 Å². The molecule has 1 rings (SSSR count). The summed E-state index contributed by atoms with van der Waals surface area (Å²) in [5.41, 5.74) is 0. The van der Waals surface area contributed by atoms with Gasteiger partial charge in [-0.25, -0.2) is 0 Å². The normalized spacial score (nSPS) is 21.1. The maximum absolute atomic E-state index is 12.6. The average molecular weight is 427 g/mol. The van der Waals surface area contributed by atoms with E-state index >= 15 is 0 Å². The Hall–Kier alpha value is -1.59. The van der Waals surface area contributed by atoms with Crippen LogP contribution in [0, 0.1) is 17.8 Å². The Bertz CT molecular complexity index is 427. The standard InChI is InChI=1S/C24H42O6/c1-4-7-10-13-28-22(25)19-16-20(23(26)29-14-11-8-5-2)18-21(17-19)24(27)30-15-12-9-6-3/h19-21H,4-18H2,1-3H3. The van der Waals surface area contributed by atoms with Crippen LogP contribution in [0.2, 0.25) is 0 Å². The van der Waals surface area contributed by atoms with Crippen molar-refractivity contribution in [2.24, 2.45) is 17.8 Å². The van der Waals surface area contributed by atoms with Crippen LogP contribution in [0.4, 0.5) is 0 Å². The molecule has 0 bridgehead atoms. The molecule has 0 N–H and O–H groups in total. The molecule has 0 amide bonds. The molecule has 6 heteroatoms. The van der Waals surface area contributed by atoms with E-state index in [2.05, 4.69) is 20.8 Å².